The fourth-order valence-corrected chi connectivity index (χ4v) is 1.98. The SMILES string of the molecule is CCCCC[C@H](CC)C(=O)OCc1ccccc1.Cl. The van der Waals surface area contributed by atoms with Gasteiger partial charge in [-0.25, -0.2) is 0 Å². The Balaban J connectivity index is 0.00000324. The van der Waals surface area contributed by atoms with E-state index in [1.807, 2.05) is 30.3 Å². The standard InChI is InChI=1S/C16H24O2.ClH/c1-3-5-7-12-15(4-2)16(17)18-13-14-10-8-6-9-11-14;/h6,8-11,15H,3-5,7,12-13H2,1-2H3;1H/t15-;/m0./s1. The second kappa shape index (κ2) is 10.9. The highest BCUT2D eigenvalue weighted by Gasteiger charge is 2.17. The maximum absolute atomic E-state index is 11.9. The zero-order valence-corrected chi connectivity index (χ0v) is 12.7. The molecule has 0 N–H and O–H groups in total. The lowest BCUT2D eigenvalue weighted by atomic mass is 9.99. The van der Waals surface area contributed by atoms with Crippen molar-refractivity contribution in [2.75, 3.05) is 0 Å². The number of halogens is 1. The van der Waals surface area contributed by atoms with Gasteiger partial charge in [0, 0.05) is 0 Å². The third-order valence-electron chi connectivity index (χ3n) is 3.21. The fraction of sp³-hybridized carbons (Fsp3) is 0.562. The van der Waals surface area contributed by atoms with Gasteiger partial charge in [-0.2, -0.15) is 0 Å². The van der Waals surface area contributed by atoms with Crippen LogP contribution in [0.15, 0.2) is 30.3 Å². The number of unbranched alkanes of at least 4 members (excludes halogenated alkanes) is 2. The van der Waals surface area contributed by atoms with E-state index in [1.54, 1.807) is 0 Å². The van der Waals surface area contributed by atoms with Gasteiger partial charge >= 0.3 is 5.97 Å². The average Bonchev–Trinajstić information content (AvgIpc) is 2.42. The first-order valence-corrected chi connectivity index (χ1v) is 6.98. The molecule has 1 aromatic carbocycles. The maximum atomic E-state index is 11.9. The molecular weight excluding hydrogens is 260 g/mol. The Bertz CT molecular complexity index is 338. The highest BCUT2D eigenvalue weighted by Crippen LogP contribution is 2.16. The first-order valence-electron chi connectivity index (χ1n) is 6.98. The van der Waals surface area contributed by atoms with Crippen LogP contribution in [0.4, 0.5) is 0 Å². The second-order valence-electron chi connectivity index (χ2n) is 4.69. The summed E-state index contributed by atoms with van der Waals surface area (Å²) >= 11 is 0. The van der Waals surface area contributed by atoms with Crippen LogP contribution in [0.2, 0.25) is 0 Å². The predicted octanol–water partition coefficient (Wildman–Crippen LogP) is 4.76. The molecule has 0 amide bonds. The van der Waals surface area contributed by atoms with Gasteiger partial charge in [0.25, 0.3) is 0 Å². The van der Waals surface area contributed by atoms with Crippen molar-refractivity contribution in [1.29, 1.82) is 0 Å². The van der Waals surface area contributed by atoms with Crippen LogP contribution in [0, 0.1) is 5.92 Å². The molecule has 1 atom stereocenters. The first-order chi connectivity index (χ1) is 8.77. The van der Waals surface area contributed by atoms with Crippen molar-refractivity contribution in [3.63, 3.8) is 0 Å². The monoisotopic (exact) mass is 284 g/mol. The molecule has 0 radical (unpaired) electrons. The van der Waals surface area contributed by atoms with E-state index in [-0.39, 0.29) is 24.3 Å². The number of carbonyl (C=O) groups is 1. The van der Waals surface area contributed by atoms with E-state index in [4.69, 9.17) is 4.74 Å². The van der Waals surface area contributed by atoms with E-state index in [0.29, 0.717) is 6.61 Å². The Kier molecular flexibility index (Phi) is 10.3. The Labute approximate surface area is 123 Å². The number of hydrogen-bond acceptors (Lipinski definition) is 2. The molecule has 0 spiro atoms. The van der Waals surface area contributed by atoms with E-state index in [9.17, 15) is 4.79 Å². The third kappa shape index (κ3) is 7.22. The van der Waals surface area contributed by atoms with E-state index in [2.05, 4.69) is 13.8 Å². The van der Waals surface area contributed by atoms with Crippen LogP contribution in [0.5, 0.6) is 0 Å². The summed E-state index contributed by atoms with van der Waals surface area (Å²) in [5, 5.41) is 0. The van der Waals surface area contributed by atoms with Crippen molar-refractivity contribution < 1.29 is 9.53 Å². The van der Waals surface area contributed by atoms with Gasteiger partial charge in [0.05, 0.1) is 5.92 Å². The van der Waals surface area contributed by atoms with Crippen molar-refractivity contribution in [3.8, 4) is 0 Å². The van der Waals surface area contributed by atoms with Crippen LogP contribution in [0.3, 0.4) is 0 Å². The van der Waals surface area contributed by atoms with E-state index >= 15 is 0 Å². The van der Waals surface area contributed by atoms with Crippen molar-refractivity contribution in [1.82, 2.24) is 0 Å². The summed E-state index contributed by atoms with van der Waals surface area (Å²) in [5.41, 5.74) is 1.05. The maximum Gasteiger partial charge on any atom is 0.309 e. The molecule has 2 nitrogen and oxygen atoms in total. The van der Waals surface area contributed by atoms with Gasteiger partial charge in [-0.05, 0) is 18.4 Å². The number of rotatable bonds is 8. The second-order valence-corrected chi connectivity index (χ2v) is 4.69. The van der Waals surface area contributed by atoms with E-state index in [0.717, 1.165) is 24.8 Å². The summed E-state index contributed by atoms with van der Waals surface area (Å²) < 4.78 is 5.37. The molecule has 0 fully saturated rings. The minimum atomic E-state index is -0.0440. The Morgan fingerprint density at radius 2 is 1.84 bits per heavy atom. The lowest BCUT2D eigenvalue weighted by molar-refractivity contribution is -0.150. The van der Waals surface area contributed by atoms with Crippen molar-refractivity contribution in [2.45, 2.75) is 52.6 Å². The topological polar surface area (TPSA) is 26.3 Å². The van der Waals surface area contributed by atoms with Crippen molar-refractivity contribution in [3.05, 3.63) is 35.9 Å². The van der Waals surface area contributed by atoms with Crippen LogP contribution in [0.1, 0.15) is 51.5 Å². The van der Waals surface area contributed by atoms with Crippen LogP contribution in [-0.4, -0.2) is 5.97 Å². The van der Waals surface area contributed by atoms with E-state index < -0.39 is 0 Å². The zero-order valence-electron chi connectivity index (χ0n) is 11.9. The molecule has 0 heterocycles. The molecule has 1 rings (SSSR count). The van der Waals surface area contributed by atoms with Crippen LogP contribution in [0.25, 0.3) is 0 Å². The molecule has 0 aliphatic rings. The molecular formula is C16H25ClO2. The number of carbonyl (C=O) groups excluding carboxylic acids is 1. The van der Waals surface area contributed by atoms with Gasteiger partial charge in [0.15, 0.2) is 0 Å². The molecule has 0 unspecified atom stereocenters. The summed E-state index contributed by atoms with van der Waals surface area (Å²) in [5.74, 6) is 0.0257. The molecule has 19 heavy (non-hydrogen) atoms. The number of esters is 1. The molecule has 0 aliphatic heterocycles. The summed E-state index contributed by atoms with van der Waals surface area (Å²) in [4.78, 5) is 11.9. The van der Waals surface area contributed by atoms with Crippen LogP contribution < -0.4 is 0 Å². The molecule has 0 bridgehead atoms. The highest BCUT2D eigenvalue weighted by atomic mass is 35.5. The molecule has 3 heteroatoms. The minimum Gasteiger partial charge on any atom is -0.461 e. The van der Waals surface area contributed by atoms with Crippen LogP contribution >= 0.6 is 12.4 Å². The summed E-state index contributed by atoms with van der Waals surface area (Å²) in [6.45, 7) is 4.62. The summed E-state index contributed by atoms with van der Waals surface area (Å²) in [6.07, 6.45) is 5.34. The molecule has 0 aliphatic carbocycles. The zero-order chi connectivity index (χ0) is 13.2. The summed E-state index contributed by atoms with van der Waals surface area (Å²) in [7, 11) is 0. The Morgan fingerprint density at radius 3 is 2.42 bits per heavy atom. The number of ether oxygens (including phenoxy) is 1. The molecule has 0 saturated carbocycles. The van der Waals surface area contributed by atoms with Crippen LogP contribution in [-0.2, 0) is 16.1 Å². The lowest BCUT2D eigenvalue weighted by Crippen LogP contribution is -2.17. The number of hydrogen-bond donors (Lipinski definition) is 0. The van der Waals surface area contributed by atoms with Crippen molar-refractivity contribution >= 4 is 18.4 Å². The Morgan fingerprint density at radius 1 is 1.16 bits per heavy atom. The minimum absolute atomic E-state index is 0. The van der Waals surface area contributed by atoms with Crippen molar-refractivity contribution in [2.24, 2.45) is 5.92 Å². The van der Waals surface area contributed by atoms with Gasteiger partial charge in [0.1, 0.15) is 6.61 Å². The summed E-state index contributed by atoms with van der Waals surface area (Å²) in [6, 6.07) is 9.84. The van der Waals surface area contributed by atoms with Gasteiger partial charge in [0.2, 0.25) is 0 Å². The third-order valence-corrected chi connectivity index (χ3v) is 3.21. The van der Waals surface area contributed by atoms with Gasteiger partial charge in [-0.3, -0.25) is 4.79 Å². The smallest absolute Gasteiger partial charge is 0.309 e. The van der Waals surface area contributed by atoms with Gasteiger partial charge in [-0.15, -0.1) is 12.4 Å². The normalized spacial score (nSPS) is 11.5. The lowest BCUT2D eigenvalue weighted by Gasteiger charge is -2.13. The average molecular weight is 285 g/mol. The molecule has 108 valence electrons. The Hall–Kier alpha value is -1.02. The largest absolute Gasteiger partial charge is 0.461 e. The highest BCUT2D eigenvalue weighted by molar-refractivity contribution is 5.85. The van der Waals surface area contributed by atoms with Gasteiger partial charge < -0.3 is 4.74 Å². The van der Waals surface area contributed by atoms with E-state index in [1.165, 1.54) is 12.8 Å². The quantitative estimate of drug-likeness (QED) is 0.508. The molecule has 1 aromatic rings. The molecule has 0 aromatic heterocycles. The first kappa shape index (κ1) is 18.0. The molecule has 0 saturated heterocycles. The predicted molar refractivity (Wildman–Crippen MR) is 81.4 cm³/mol. The fourth-order valence-electron chi connectivity index (χ4n) is 1.98. The number of benzene rings is 1. The van der Waals surface area contributed by atoms with Gasteiger partial charge in [-0.1, -0.05) is 63.4 Å².